The lowest BCUT2D eigenvalue weighted by molar-refractivity contribution is 0.412. The minimum atomic E-state index is 0.555. The Morgan fingerprint density at radius 1 is 1.19 bits per heavy atom. The maximum Gasteiger partial charge on any atom is 0.133 e. The van der Waals surface area contributed by atoms with Gasteiger partial charge in [0.2, 0.25) is 0 Å². The predicted octanol–water partition coefficient (Wildman–Crippen LogP) is 3.92. The summed E-state index contributed by atoms with van der Waals surface area (Å²) in [7, 11) is 1.67. The van der Waals surface area contributed by atoms with E-state index < -0.39 is 0 Å². The van der Waals surface area contributed by atoms with Crippen LogP contribution in [0.5, 0.6) is 5.75 Å². The van der Waals surface area contributed by atoms with E-state index in [0.29, 0.717) is 6.54 Å². The van der Waals surface area contributed by atoms with Crippen LogP contribution in [0.25, 0.3) is 10.9 Å². The minimum absolute atomic E-state index is 0.555. The number of fused-ring (bicyclic) bond motifs is 1. The van der Waals surface area contributed by atoms with Gasteiger partial charge < -0.3 is 15.0 Å². The molecular weight excluding hydrogens is 328 g/mol. The molecule has 0 saturated heterocycles. The smallest absolute Gasteiger partial charge is 0.133 e. The van der Waals surface area contributed by atoms with Gasteiger partial charge in [0.1, 0.15) is 5.75 Å². The summed E-state index contributed by atoms with van der Waals surface area (Å²) < 4.78 is 8.48. The third-order valence-electron chi connectivity index (χ3n) is 3.66. The van der Waals surface area contributed by atoms with Crippen molar-refractivity contribution in [1.82, 2.24) is 4.57 Å². The van der Waals surface area contributed by atoms with Crippen LogP contribution in [0.15, 0.2) is 53.1 Å². The zero-order valence-corrected chi connectivity index (χ0v) is 13.4. The number of hydrogen-bond acceptors (Lipinski definition) is 2. The average molecular weight is 345 g/mol. The van der Waals surface area contributed by atoms with E-state index >= 15 is 0 Å². The molecule has 1 heterocycles. The first-order valence-electron chi connectivity index (χ1n) is 6.82. The van der Waals surface area contributed by atoms with Gasteiger partial charge in [-0.1, -0.05) is 24.3 Å². The lowest BCUT2D eigenvalue weighted by Crippen LogP contribution is -1.99. The maximum atomic E-state index is 5.85. The molecule has 2 N–H and O–H groups in total. The molecule has 0 fully saturated rings. The first kappa shape index (κ1) is 14.2. The van der Waals surface area contributed by atoms with Gasteiger partial charge in [-0.05, 0) is 45.3 Å². The fraction of sp³-hybridized carbons (Fsp3) is 0.176. The molecule has 0 aliphatic carbocycles. The lowest BCUT2D eigenvalue weighted by Gasteiger charge is -2.08. The molecular formula is C17H17BrN2O. The third-order valence-corrected chi connectivity index (χ3v) is 4.28. The minimum Gasteiger partial charge on any atom is -0.496 e. The van der Waals surface area contributed by atoms with Crippen molar-refractivity contribution in [2.45, 2.75) is 13.1 Å². The van der Waals surface area contributed by atoms with Gasteiger partial charge >= 0.3 is 0 Å². The Balaban J connectivity index is 2.00. The summed E-state index contributed by atoms with van der Waals surface area (Å²) in [5.41, 5.74) is 9.45. The number of nitrogens with two attached hydrogens (primary N) is 1. The number of methoxy groups -OCH3 is 1. The summed E-state index contributed by atoms with van der Waals surface area (Å²) in [5.74, 6) is 0.846. The van der Waals surface area contributed by atoms with Crippen molar-refractivity contribution >= 4 is 26.8 Å². The number of benzene rings is 2. The van der Waals surface area contributed by atoms with Crippen LogP contribution in [-0.4, -0.2) is 11.7 Å². The Hall–Kier alpha value is -1.78. The largest absolute Gasteiger partial charge is 0.496 e. The normalized spacial score (nSPS) is 11.0. The van der Waals surface area contributed by atoms with E-state index in [1.165, 1.54) is 22.0 Å². The Kier molecular flexibility index (Phi) is 3.99. The summed E-state index contributed by atoms with van der Waals surface area (Å²) >= 11 is 3.54. The van der Waals surface area contributed by atoms with Crippen LogP contribution in [0.2, 0.25) is 0 Å². The zero-order valence-electron chi connectivity index (χ0n) is 11.8. The van der Waals surface area contributed by atoms with Gasteiger partial charge in [-0.2, -0.15) is 0 Å². The standard InChI is InChI=1S/C17H17BrN2O/c1-21-17-7-6-12(8-15(17)18)10-20-11-13(9-19)14-4-2-3-5-16(14)20/h2-8,11H,9-10,19H2,1H3. The van der Waals surface area contributed by atoms with Crippen LogP contribution >= 0.6 is 15.9 Å². The van der Waals surface area contributed by atoms with Crippen molar-refractivity contribution in [2.75, 3.05) is 7.11 Å². The van der Waals surface area contributed by atoms with Gasteiger partial charge in [-0.3, -0.25) is 0 Å². The van der Waals surface area contributed by atoms with Gasteiger partial charge in [0.15, 0.2) is 0 Å². The summed E-state index contributed by atoms with van der Waals surface area (Å²) in [6, 6.07) is 14.5. The number of aromatic nitrogens is 1. The topological polar surface area (TPSA) is 40.2 Å². The fourth-order valence-electron chi connectivity index (χ4n) is 2.62. The Labute approximate surface area is 132 Å². The lowest BCUT2D eigenvalue weighted by atomic mass is 10.2. The number of hydrogen-bond donors (Lipinski definition) is 1. The molecule has 21 heavy (non-hydrogen) atoms. The molecule has 0 amide bonds. The van der Waals surface area contributed by atoms with Crippen molar-refractivity contribution in [3.8, 4) is 5.75 Å². The zero-order chi connectivity index (χ0) is 14.8. The quantitative estimate of drug-likeness (QED) is 0.779. The van der Waals surface area contributed by atoms with E-state index in [9.17, 15) is 0 Å². The summed E-state index contributed by atoms with van der Waals surface area (Å²) in [6.07, 6.45) is 2.14. The molecule has 0 radical (unpaired) electrons. The monoisotopic (exact) mass is 344 g/mol. The van der Waals surface area contributed by atoms with Crippen LogP contribution in [0.1, 0.15) is 11.1 Å². The second-order valence-electron chi connectivity index (χ2n) is 4.97. The molecule has 1 aromatic heterocycles. The van der Waals surface area contributed by atoms with Gasteiger partial charge in [0.25, 0.3) is 0 Å². The first-order chi connectivity index (χ1) is 10.2. The molecule has 3 nitrogen and oxygen atoms in total. The van der Waals surface area contributed by atoms with Crippen molar-refractivity contribution in [3.63, 3.8) is 0 Å². The third kappa shape index (κ3) is 2.69. The highest BCUT2D eigenvalue weighted by atomic mass is 79.9. The number of para-hydroxylation sites is 1. The van der Waals surface area contributed by atoms with Gasteiger partial charge in [-0.15, -0.1) is 0 Å². The van der Waals surface area contributed by atoms with E-state index in [0.717, 1.165) is 16.8 Å². The predicted molar refractivity (Wildman–Crippen MR) is 89.6 cm³/mol. The Bertz CT molecular complexity index is 780. The molecule has 3 aromatic rings. The van der Waals surface area contributed by atoms with Crippen LogP contribution in [0.3, 0.4) is 0 Å². The number of halogens is 1. The molecule has 0 spiro atoms. The SMILES string of the molecule is COc1ccc(Cn2cc(CN)c3ccccc32)cc1Br. The fourth-order valence-corrected chi connectivity index (χ4v) is 3.21. The highest BCUT2D eigenvalue weighted by Crippen LogP contribution is 2.27. The van der Waals surface area contributed by atoms with E-state index in [4.69, 9.17) is 10.5 Å². The van der Waals surface area contributed by atoms with Gasteiger partial charge in [0.05, 0.1) is 11.6 Å². The Morgan fingerprint density at radius 2 is 2.00 bits per heavy atom. The molecule has 0 atom stereocenters. The van der Waals surface area contributed by atoms with Crippen LogP contribution in [0.4, 0.5) is 0 Å². The van der Waals surface area contributed by atoms with E-state index in [-0.39, 0.29) is 0 Å². The van der Waals surface area contributed by atoms with Crippen molar-refractivity contribution in [2.24, 2.45) is 5.73 Å². The molecule has 4 heteroatoms. The molecule has 2 aromatic carbocycles. The highest BCUT2D eigenvalue weighted by Gasteiger charge is 2.08. The van der Waals surface area contributed by atoms with Crippen LogP contribution in [-0.2, 0) is 13.1 Å². The second kappa shape index (κ2) is 5.92. The van der Waals surface area contributed by atoms with E-state index in [1.807, 2.05) is 6.07 Å². The summed E-state index contributed by atoms with van der Waals surface area (Å²) in [5, 5.41) is 1.23. The molecule has 108 valence electrons. The first-order valence-corrected chi connectivity index (χ1v) is 7.61. The number of ether oxygens (including phenoxy) is 1. The molecule has 0 aliphatic heterocycles. The van der Waals surface area contributed by atoms with Crippen molar-refractivity contribution in [1.29, 1.82) is 0 Å². The summed E-state index contributed by atoms with van der Waals surface area (Å²) in [6.45, 7) is 1.36. The molecule has 0 saturated carbocycles. The van der Waals surface area contributed by atoms with Gasteiger partial charge in [-0.25, -0.2) is 0 Å². The average Bonchev–Trinajstić information content (AvgIpc) is 2.86. The van der Waals surface area contributed by atoms with Crippen LogP contribution in [0, 0.1) is 0 Å². The molecule has 0 bridgehead atoms. The number of rotatable bonds is 4. The number of nitrogens with zero attached hydrogens (tertiary/aromatic N) is 1. The van der Waals surface area contributed by atoms with E-state index in [1.54, 1.807) is 7.11 Å². The van der Waals surface area contributed by atoms with E-state index in [2.05, 4.69) is 63.1 Å². The second-order valence-corrected chi connectivity index (χ2v) is 5.83. The van der Waals surface area contributed by atoms with Crippen molar-refractivity contribution < 1.29 is 4.74 Å². The van der Waals surface area contributed by atoms with Gasteiger partial charge in [0, 0.05) is 30.2 Å². The summed E-state index contributed by atoms with van der Waals surface area (Å²) in [4.78, 5) is 0. The van der Waals surface area contributed by atoms with Crippen LogP contribution < -0.4 is 10.5 Å². The Morgan fingerprint density at radius 3 is 2.71 bits per heavy atom. The maximum absolute atomic E-state index is 5.85. The van der Waals surface area contributed by atoms with Crippen molar-refractivity contribution in [3.05, 3.63) is 64.3 Å². The molecule has 3 rings (SSSR count). The molecule has 0 unspecified atom stereocenters. The molecule has 0 aliphatic rings. The highest BCUT2D eigenvalue weighted by molar-refractivity contribution is 9.10.